The fourth-order valence-corrected chi connectivity index (χ4v) is 13.8. The monoisotopic (exact) mass is 793 g/mol. The molecule has 1 heterocycles. The van der Waals surface area contributed by atoms with Gasteiger partial charge in [0.1, 0.15) is 5.75 Å². The fraction of sp³-hybridized carbons (Fsp3) is 0.420. The van der Waals surface area contributed by atoms with E-state index in [1.54, 1.807) is 30.4 Å². The number of allylic oxidation sites excluding steroid dienone is 1. The van der Waals surface area contributed by atoms with Crippen LogP contribution in [0.5, 0.6) is 28.7 Å². The normalized spacial score (nSPS) is 31.0. The second kappa shape index (κ2) is 14.5. The van der Waals surface area contributed by atoms with E-state index in [1.807, 2.05) is 6.33 Å². The topological polar surface area (TPSA) is 162 Å². The zero-order valence-electron chi connectivity index (χ0n) is 33.4. The van der Waals surface area contributed by atoms with Gasteiger partial charge in [0.05, 0.1) is 17.8 Å². The maximum atomic E-state index is 12.2. The first-order chi connectivity index (χ1) is 28.7. The Morgan fingerprint density at radius 2 is 1.59 bits per heavy atom. The Morgan fingerprint density at radius 1 is 0.763 bits per heavy atom. The molecular formula is C50H55N3O6. The second-order valence-corrected chi connectivity index (χ2v) is 18.4. The van der Waals surface area contributed by atoms with E-state index >= 15 is 0 Å². The average molecular weight is 794 g/mol. The minimum Gasteiger partial charge on any atom is -0.507 e. The van der Waals surface area contributed by atoms with Gasteiger partial charge in [0.15, 0.2) is 23.0 Å². The van der Waals surface area contributed by atoms with Crippen molar-refractivity contribution in [3.8, 4) is 28.7 Å². The number of aliphatic hydroxyl groups is 1. The molecule has 0 aliphatic heterocycles. The number of nitrogens with one attached hydrogen (secondary N) is 2. The number of fused-ring (bicyclic) bond motifs is 2. The Morgan fingerprint density at radius 3 is 2.41 bits per heavy atom. The number of nitrogens with zero attached hydrogens (tertiary/aromatic N) is 1. The van der Waals surface area contributed by atoms with Crippen molar-refractivity contribution in [2.75, 3.05) is 0 Å². The Bertz CT molecular complexity index is 2440. The molecule has 5 aliphatic rings. The number of phenols is 5. The molecule has 1 aromatic heterocycles. The Hall–Kier alpha value is -5.25. The molecule has 0 amide bonds. The van der Waals surface area contributed by atoms with Gasteiger partial charge in [0.25, 0.3) is 0 Å². The molecule has 4 saturated carbocycles. The summed E-state index contributed by atoms with van der Waals surface area (Å²) in [5, 5.41) is 70.2. The summed E-state index contributed by atoms with van der Waals surface area (Å²) in [6.45, 7) is 0.710. The molecule has 8 N–H and O–H groups in total. The molecule has 4 aromatic carbocycles. The van der Waals surface area contributed by atoms with Gasteiger partial charge in [0.2, 0.25) is 0 Å². The van der Waals surface area contributed by atoms with E-state index in [-0.39, 0.29) is 62.3 Å². The minimum absolute atomic E-state index is 0.109. The van der Waals surface area contributed by atoms with E-state index < -0.39 is 6.10 Å². The molecule has 0 bridgehead atoms. The summed E-state index contributed by atoms with van der Waals surface area (Å²) in [5.41, 5.74) is 5.28. The van der Waals surface area contributed by atoms with Crippen LogP contribution in [0.3, 0.4) is 0 Å². The molecule has 5 aliphatic carbocycles. The number of aromatic hydroxyl groups is 5. The fourth-order valence-electron chi connectivity index (χ4n) is 13.8. The van der Waals surface area contributed by atoms with Crippen LogP contribution in [0.1, 0.15) is 97.7 Å². The summed E-state index contributed by atoms with van der Waals surface area (Å²) in [5.74, 6) is 0.0791. The van der Waals surface area contributed by atoms with Crippen molar-refractivity contribution in [1.29, 1.82) is 0 Å². The number of imidazole rings is 1. The lowest BCUT2D eigenvalue weighted by atomic mass is 9.34. The van der Waals surface area contributed by atoms with Gasteiger partial charge >= 0.3 is 0 Å². The molecule has 10 rings (SSSR count). The molecule has 0 radical (unpaired) electrons. The average Bonchev–Trinajstić information content (AvgIpc) is 4.03. The van der Waals surface area contributed by atoms with Gasteiger partial charge in [0, 0.05) is 41.4 Å². The highest BCUT2D eigenvalue weighted by Gasteiger charge is 2.74. The van der Waals surface area contributed by atoms with E-state index in [2.05, 4.69) is 57.9 Å². The summed E-state index contributed by atoms with van der Waals surface area (Å²) in [4.78, 5) is 8.35. The van der Waals surface area contributed by atoms with Gasteiger partial charge in [-0.25, -0.2) is 4.98 Å². The molecule has 0 saturated heterocycles. The first kappa shape index (κ1) is 38.0. The van der Waals surface area contributed by atoms with Gasteiger partial charge in [-0.1, -0.05) is 79.6 Å². The first-order valence-corrected chi connectivity index (χ1v) is 21.7. The lowest BCUT2D eigenvalue weighted by Crippen LogP contribution is -2.73. The third kappa shape index (κ3) is 5.75. The number of rotatable bonds is 9. The molecule has 8 atom stereocenters. The SMILES string of the molecule is Oc1ccc(/C=C/c2c(CCc3ccc(CN[C@@H]4CC[C@H]5CCC[C@]56CC[C@@]57CCC[C@@H]5C=C[C@H](O)[C@H]7[C@]46c4cnc[nH]4)cc3)c(O)c(O)c3c(O)cccc23)cc1O. The van der Waals surface area contributed by atoms with Crippen LogP contribution in [0.2, 0.25) is 0 Å². The van der Waals surface area contributed by atoms with E-state index in [4.69, 9.17) is 0 Å². The van der Waals surface area contributed by atoms with Crippen LogP contribution in [-0.2, 0) is 24.8 Å². The van der Waals surface area contributed by atoms with Crippen LogP contribution < -0.4 is 5.32 Å². The van der Waals surface area contributed by atoms with Crippen molar-refractivity contribution >= 4 is 22.9 Å². The van der Waals surface area contributed by atoms with Crippen LogP contribution in [-0.4, -0.2) is 52.8 Å². The van der Waals surface area contributed by atoms with Gasteiger partial charge in [-0.05, 0) is 133 Å². The smallest absolute Gasteiger partial charge is 0.169 e. The van der Waals surface area contributed by atoms with E-state index in [0.717, 1.165) is 12.0 Å². The summed E-state index contributed by atoms with van der Waals surface area (Å²) in [6.07, 6.45) is 24.7. The number of aryl methyl sites for hydroxylation is 1. The summed E-state index contributed by atoms with van der Waals surface area (Å²) in [6, 6.07) is 18.4. The molecule has 2 spiro atoms. The maximum Gasteiger partial charge on any atom is 0.169 e. The molecular weight excluding hydrogens is 739 g/mol. The Kier molecular flexibility index (Phi) is 9.33. The Balaban J connectivity index is 0.931. The second-order valence-electron chi connectivity index (χ2n) is 18.4. The van der Waals surface area contributed by atoms with Crippen LogP contribution in [0.15, 0.2) is 85.3 Å². The van der Waals surface area contributed by atoms with Crippen LogP contribution in [0.4, 0.5) is 0 Å². The minimum atomic E-state index is -0.486. The van der Waals surface area contributed by atoms with Crippen molar-refractivity contribution in [2.24, 2.45) is 28.6 Å². The van der Waals surface area contributed by atoms with Gasteiger partial charge in [-0.2, -0.15) is 0 Å². The van der Waals surface area contributed by atoms with E-state index in [9.17, 15) is 30.6 Å². The number of phenolic OH excluding ortho intramolecular Hbond substituents is 5. The molecule has 4 fully saturated rings. The largest absolute Gasteiger partial charge is 0.507 e. The van der Waals surface area contributed by atoms with E-state index in [1.165, 1.54) is 87.2 Å². The Labute approximate surface area is 345 Å². The number of aromatic nitrogens is 2. The molecule has 5 aromatic rings. The zero-order chi connectivity index (χ0) is 40.5. The number of H-pyrrole nitrogens is 1. The maximum absolute atomic E-state index is 12.2. The van der Waals surface area contributed by atoms with Crippen molar-refractivity contribution < 1.29 is 30.6 Å². The first-order valence-electron chi connectivity index (χ1n) is 21.7. The van der Waals surface area contributed by atoms with Gasteiger partial charge < -0.3 is 40.9 Å². The number of benzene rings is 4. The predicted molar refractivity (Wildman–Crippen MR) is 229 cm³/mol. The van der Waals surface area contributed by atoms with Crippen LogP contribution in [0.25, 0.3) is 22.9 Å². The van der Waals surface area contributed by atoms with Crippen LogP contribution in [0, 0.1) is 28.6 Å². The number of aliphatic hydroxyl groups excluding tert-OH is 1. The number of hydrogen-bond acceptors (Lipinski definition) is 8. The van der Waals surface area contributed by atoms with Gasteiger partial charge in [-0.15, -0.1) is 0 Å². The summed E-state index contributed by atoms with van der Waals surface area (Å²) >= 11 is 0. The summed E-state index contributed by atoms with van der Waals surface area (Å²) < 4.78 is 0. The summed E-state index contributed by atoms with van der Waals surface area (Å²) in [7, 11) is 0. The number of hydrogen-bond donors (Lipinski definition) is 8. The highest BCUT2D eigenvalue weighted by molar-refractivity contribution is 6.03. The molecule has 9 heteroatoms. The lowest BCUT2D eigenvalue weighted by Gasteiger charge is -2.70. The third-order valence-electron chi connectivity index (χ3n) is 16.1. The lowest BCUT2D eigenvalue weighted by molar-refractivity contribution is -0.181. The highest BCUT2D eigenvalue weighted by Crippen LogP contribution is 2.76. The molecule has 59 heavy (non-hydrogen) atoms. The number of aromatic amines is 1. The molecule has 9 nitrogen and oxygen atoms in total. The highest BCUT2D eigenvalue weighted by atomic mass is 16.3. The predicted octanol–water partition coefficient (Wildman–Crippen LogP) is 9.15. The third-order valence-corrected chi connectivity index (χ3v) is 16.1. The van der Waals surface area contributed by atoms with Crippen molar-refractivity contribution in [3.63, 3.8) is 0 Å². The quantitative estimate of drug-likeness (QED) is 0.0417. The standard InChI is InChI=1S/C50H55N3O6/c54-38-19-14-31(26-41(38)57)13-17-35-36-6-1-7-39(55)44(36)46(59)45(58)37(35)18-12-30-8-10-32(11-9-30)27-52-42-21-16-34-5-3-23-49(34)25-24-48-22-2-4-33(48)15-20-40(56)47(48)50(42,49)43-28-51-29-53-43/h1,6-11,13-15,17,19-20,26,28-29,33-34,40,42,47,52,54-59H,2-5,12,16,18,21-25,27H2,(H,51,53)/b17-13+/t33-,34-,40+,42-,47-,48+,49+,50-/m1/s1. The van der Waals surface area contributed by atoms with Crippen molar-refractivity contribution in [3.05, 3.63) is 119 Å². The van der Waals surface area contributed by atoms with Crippen molar-refractivity contribution in [1.82, 2.24) is 15.3 Å². The van der Waals surface area contributed by atoms with E-state index in [0.29, 0.717) is 53.3 Å². The molecule has 306 valence electrons. The molecule has 0 unspecified atom stereocenters. The van der Waals surface area contributed by atoms with Gasteiger partial charge in [-0.3, -0.25) is 0 Å². The van der Waals surface area contributed by atoms with Crippen LogP contribution >= 0.6 is 0 Å². The zero-order valence-corrected chi connectivity index (χ0v) is 33.4. The van der Waals surface area contributed by atoms with Crippen molar-refractivity contribution in [2.45, 2.75) is 101 Å².